The lowest BCUT2D eigenvalue weighted by Crippen LogP contribution is -2.38. The molecule has 0 radical (unpaired) electrons. The van der Waals surface area contributed by atoms with Gasteiger partial charge in [-0.05, 0) is 75.9 Å². The maximum atomic E-state index is 13.9. The number of hydrogen-bond acceptors (Lipinski definition) is 6. The topological polar surface area (TPSA) is 93.0 Å². The number of fused-ring (bicyclic) bond motifs is 1. The third-order valence-electron chi connectivity index (χ3n) is 8.16. The number of nitrogens with one attached hydrogen (secondary N) is 2. The number of ether oxygens (including phenoxy) is 2. The van der Waals surface area contributed by atoms with Gasteiger partial charge in [0.15, 0.2) is 0 Å². The van der Waals surface area contributed by atoms with Crippen LogP contribution in [0.2, 0.25) is 0 Å². The highest BCUT2D eigenvalue weighted by Gasteiger charge is 3.02. The Hall–Kier alpha value is -3.23. The third kappa shape index (κ3) is 3.61. The summed E-state index contributed by atoms with van der Waals surface area (Å²) in [6.07, 6.45) is -0.372. The van der Waals surface area contributed by atoms with E-state index in [2.05, 4.69) is 34.5 Å². The Labute approximate surface area is 224 Å². The molecule has 0 bridgehead atoms. The molecule has 38 heavy (non-hydrogen) atoms. The first-order valence-corrected chi connectivity index (χ1v) is 13.2. The van der Waals surface area contributed by atoms with E-state index in [0.29, 0.717) is 0 Å². The number of azo groups is 1. The van der Waals surface area contributed by atoms with Gasteiger partial charge >= 0.3 is 0 Å². The first kappa shape index (κ1) is 26.4. The molecule has 0 aliphatic heterocycles. The highest BCUT2D eigenvalue weighted by atomic mass is 16.5. The Morgan fingerprint density at radius 1 is 1.00 bits per heavy atom. The van der Waals surface area contributed by atoms with E-state index in [1.54, 1.807) is 18.9 Å². The van der Waals surface area contributed by atoms with Crippen LogP contribution in [0.5, 0.6) is 0 Å². The first-order valence-electron chi connectivity index (χ1n) is 13.2. The molecule has 3 aromatic rings. The van der Waals surface area contributed by atoms with E-state index < -0.39 is 11.0 Å². The standard InChI is InChI=1S/C30H39N5O3/c1-17(2)24-23(25(36)35(34-24)28(5,6)7)29-26(37-8)30(29,27(29)38-9)31-21-15-14-20(16-19(21)4)32-33-22-13-11-10-12-18(22)3/h10-17,26-27,31,34H,1-9H3. The quantitative estimate of drug-likeness (QED) is 0.346. The van der Waals surface area contributed by atoms with E-state index in [9.17, 15) is 4.79 Å². The Balaban J connectivity index is 1.50. The molecule has 2 fully saturated rings. The lowest BCUT2D eigenvalue weighted by Gasteiger charge is -2.22. The number of rotatable bonds is 8. The number of benzene rings is 2. The molecular formula is C30H39N5O3. The predicted molar refractivity (Wildman–Crippen MR) is 150 cm³/mol. The number of anilines is 1. The van der Waals surface area contributed by atoms with Crippen LogP contribution in [0.15, 0.2) is 57.5 Å². The highest BCUT2D eigenvalue weighted by molar-refractivity contribution is 5.75. The van der Waals surface area contributed by atoms with Crippen LogP contribution in [0.4, 0.5) is 17.1 Å². The third-order valence-corrected chi connectivity index (χ3v) is 8.16. The van der Waals surface area contributed by atoms with Gasteiger partial charge in [-0.1, -0.05) is 32.0 Å². The second-order valence-electron chi connectivity index (χ2n) is 11.9. The lowest BCUT2D eigenvalue weighted by molar-refractivity contribution is 0.0367. The first-order chi connectivity index (χ1) is 17.9. The van der Waals surface area contributed by atoms with Crippen molar-refractivity contribution in [3.8, 4) is 0 Å². The van der Waals surface area contributed by atoms with Crippen LogP contribution < -0.4 is 10.9 Å². The zero-order valence-electron chi connectivity index (χ0n) is 23.8. The fourth-order valence-corrected chi connectivity index (χ4v) is 6.20. The summed E-state index contributed by atoms with van der Waals surface area (Å²) < 4.78 is 13.7. The fraction of sp³-hybridized carbons (Fsp3) is 0.500. The molecule has 2 unspecified atom stereocenters. The monoisotopic (exact) mass is 517 g/mol. The lowest BCUT2D eigenvalue weighted by atomic mass is 9.95. The maximum absolute atomic E-state index is 13.9. The van der Waals surface area contributed by atoms with Crippen LogP contribution in [0.25, 0.3) is 0 Å². The summed E-state index contributed by atoms with van der Waals surface area (Å²) in [5.41, 5.74) is 4.96. The summed E-state index contributed by atoms with van der Waals surface area (Å²) in [7, 11) is 3.42. The molecule has 2 aliphatic rings. The van der Waals surface area contributed by atoms with E-state index in [-0.39, 0.29) is 29.2 Å². The van der Waals surface area contributed by atoms with Gasteiger partial charge < -0.3 is 14.8 Å². The number of aromatic nitrogens is 2. The van der Waals surface area contributed by atoms with Crippen molar-refractivity contribution >= 4 is 17.1 Å². The van der Waals surface area contributed by atoms with Crippen molar-refractivity contribution in [1.29, 1.82) is 0 Å². The molecule has 0 saturated heterocycles. The minimum atomic E-state index is -0.560. The van der Waals surface area contributed by atoms with Crippen LogP contribution in [0.1, 0.15) is 62.9 Å². The van der Waals surface area contributed by atoms with Crippen LogP contribution >= 0.6 is 0 Å². The second-order valence-corrected chi connectivity index (χ2v) is 11.9. The van der Waals surface area contributed by atoms with Gasteiger partial charge in [-0.2, -0.15) is 10.2 Å². The van der Waals surface area contributed by atoms with Crippen LogP contribution in [-0.2, 0) is 20.4 Å². The normalized spacial score (nSPS) is 26.2. The molecule has 2 atom stereocenters. The second kappa shape index (κ2) is 8.92. The van der Waals surface area contributed by atoms with Gasteiger partial charge in [-0.15, -0.1) is 0 Å². The predicted octanol–water partition coefficient (Wildman–Crippen LogP) is 6.23. The fourth-order valence-electron chi connectivity index (χ4n) is 6.20. The summed E-state index contributed by atoms with van der Waals surface area (Å²) in [4.78, 5) is 13.9. The summed E-state index contributed by atoms with van der Waals surface area (Å²) >= 11 is 0. The molecule has 202 valence electrons. The zero-order valence-corrected chi connectivity index (χ0v) is 23.8. The van der Waals surface area contributed by atoms with Gasteiger partial charge in [0.2, 0.25) is 0 Å². The number of hydrogen-bond donors (Lipinski definition) is 2. The van der Waals surface area contributed by atoms with Crippen LogP contribution in [0, 0.1) is 13.8 Å². The molecule has 8 heteroatoms. The molecule has 2 saturated carbocycles. The Bertz CT molecular complexity index is 1450. The van der Waals surface area contributed by atoms with Crippen molar-refractivity contribution in [2.45, 2.75) is 83.1 Å². The van der Waals surface area contributed by atoms with Crippen molar-refractivity contribution in [2.75, 3.05) is 19.5 Å². The summed E-state index contributed by atoms with van der Waals surface area (Å²) in [5.74, 6) is 0.143. The van der Waals surface area contributed by atoms with E-state index in [1.807, 2.05) is 77.1 Å². The molecule has 5 rings (SSSR count). The maximum Gasteiger partial charge on any atom is 0.271 e. The van der Waals surface area contributed by atoms with E-state index in [1.165, 1.54) is 0 Å². The van der Waals surface area contributed by atoms with Crippen molar-refractivity contribution in [1.82, 2.24) is 9.78 Å². The number of aryl methyl sites for hydroxylation is 2. The van der Waals surface area contributed by atoms with Gasteiger partial charge in [0.1, 0.15) is 5.54 Å². The molecule has 0 spiro atoms. The van der Waals surface area contributed by atoms with Crippen LogP contribution in [0.3, 0.4) is 0 Å². The van der Waals surface area contributed by atoms with Crippen molar-refractivity contribution < 1.29 is 9.47 Å². The number of methoxy groups -OCH3 is 2. The Morgan fingerprint density at radius 3 is 2.21 bits per heavy atom. The Kier molecular flexibility index (Phi) is 6.19. The van der Waals surface area contributed by atoms with E-state index in [0.717, 1.165) is 39.4 Å². The van der Waals surface area contributed by atoms with Gasteiger partial charge in [0.25, 0.3) is 5.56 Å². The number of H-pyrrole nitrogens is 1. The molecule has 1 heterocycles. The SMILES string of the molecule is COC1C2(Nc3ccc(N=Nc4ccccc4C)cc3C)C(OC)C12c1c(C(C)C)[nH]n(C(C)(C)C)c1=O. The smallest absolute Gasteiger partial charge is 0.271 e. The van der Waals surface area contributed by atoms with Gasteiger partial charge in [0, 0.05) is 25.6 Å². The number of nitrogens with zero attached hydrogens (tertiary/aromatic N) is 3. The molecule has 1 aromatic heterocycles. The van der Waals surface area contributed by atoms with Crippen molar-refractivity contribution in [2.24, 2.45) is 10.2 Å². The molecular weight excluding hydrogens is 478 g/mol. The molecule has 2 aliphatic carbocycles. The van der Waals surface area contributed by atoms with E-state index in [4.69, 9.17) is 9.47 Å². The largest absolute Gasteiger partial charge is 0.378 e. The van der Waals surface area contributed by atoms with E-state index >= 15 is 0 Å². The summed E-state index contributed by atoms with van der Waals surface area (Å²) in [6.45, 7) is 14.4. The average Bonchev–Trinajstić information content (AvgIpc) is 3.56. The number of aromatic amines is 1. The highest BCUT2D eigenvalue weighted by Crippen LogP contribution is 2.81. The Morgan fingerprint density at radius 2 is 1.66 bits per heavy atom. The molecule has 0 amide bonds. The minimum Gasteiger partial charge on any atom is -0.378 e. The molecule has 2 aromatic carbocycles. The minimum absolute atomic E-state index is 0.00448. The van der Waals surface area contributed by atoms with Crippen molar-refractivity contribution in [3.63, 3.8) is 0 Å². The van der Waals surface area contributed by atoms with Gasteiger partial charge in [0.05, 0.1) is 40.1 Å². The summed E-state index contributed by atoms with van der Waals surface area (Å²) in [6, 6.07) is 13.9. The molecule has 8 nitrogen and oxygen atoms in total. The van der Waals surface area contributed by atoms with Crippen LogP contribution in [-0.4, -0.2) is 41.7 Å². The summed E-state index contributed by atoms with van der Waals surface area (Å²) in [5, 5.41) is 16.0. The molecule has 2 N–H and O–H groups in total. The van der Waals surface area contributed by atoms with Crippen molar-refractivity contribution in [3.05, 3.63) is 75.2 Å². The average molecular weight is 518 g/mol. The van der Waals surface area contributed by atoms with Gasteiger partial charge in [-0.3, -0.25) is 9.89 Å². The zero-order chi connectivity index (χ0) is 27.6. The van der Waals surface area contributed by atoms with Gasteiger partial charge in [-0.25, -0.2) is 4.68 Å².